The summed E-state index contributed by atoms with van der Waals surface area (Å²) in [4.78, 5) is 27.8. The zero-order chi connectivity index (χ0) is 24.9. The Kier molecular flexibility index (Phi) is 8.22. The first-order valence-corrected chi connectivity index (χ1v) is 12.3. The average Bonchev–Trinajstić information content (AvgIpc) is 2.86. The summed E-state index contributed by atoms with van der Waals surface area (Å²) in [5.74, 6) is -0.623. The molecule has 35 heavy (non-hydrogen) atoms. The van der Waals surface area contributed by atoms with E-state index in [-0.39, 0.29) is 18.1 Å². The highest BCUT2D eigenvalue weighted by Crippen LogP contribution is 2.44. The van der Waals surface area contributed by atoms with E-state index >= 15 is 0 Å². The fourth-order valence-corrected chi connectivity index (χ4v) is 4.83. The van der Waals surface area contributed by atoms with Crippen molar-refractivity contribution in [2.24, 2.45) is 0 Å². The topological polar surface area (TPSA) is 46.6 Å². The van der Waals surface area contributed by atoms with Gasteiger partial charge < -0.3 is 14.4 Å². The lowest BCUT2D eigenvalue weighted by molar-refractivity contribution is -0.179. The second kappa shape index (κ2) is 11.3. The van der Waals surface area contributed by atoms with Gasteiger partial charge in [-0.05, 0) is 59.5 Å². The highest BCUT2D eigenvalue weighted by molar-refractivity contribution is 6.30. The van der Waals surface area contributed by atoms with E-state index in [1.807, 2.05) is 31.2 Å². The summed E-state index contributed by atoms with van der Waals surface area (Å²) in [6, 6.07) is 19.4. The molecule has 182 valence electrons. The molecular weight excluding hydrogens is 488 g/mol. The van der Waals surface area contributed by atoms with E-state index in [0.717, 1.165) is 29.4 Å². The molecule has 0 radical (unpaired) electrons. The highest BCUT2D eigenvalue weighted by Gasteiger charge is 2.46. The van der Waals surface area contributed by atoms with Gasteiger partial charge in [-0.25, -0.2) is 4.39 Å². The van der Waals surface area contributed by atoms with Crippen molar-refractivity contribution in [3.05, 3.63) is 105 Å². The summed E-state index contributed by atoms with van der Waals surface area (Å²) in [6.45, 7) is 1.98. The Morgan fingerprint density at radius 2 is 1.51 bits per heavy atom. The normalized spacial score (nSPS) is 21.1. The van der Waals surface area contributed by atoms with Crippen LogP contribution in [0.5, 0.6) is 0 Å². The third-order valence-electron chi connectivity index (χ3n) is 6.27. The standard InChI is InChI=1S/C28H26Cl2FNO3/c1-2-3-24(17-33)32-26(19-6-10-21(29)11-7-19)27(20-8-12-22(30)13-9-20)35-25(28(32)34)16-18-4-14-23(31)15-5-18/h4-15,17,24-27H,2-3,16H2,1H3/t24-,25+,26-,27+/m1/s1. The minimum atomic E-state index is -0.844. The third-order valence-corrected chi connectivity index (χ3v) is 6.77. The molecule has 0 saturated carbocycles. The van der Waals surface area contributed by atoms with Crippen LogP contribution in [-0.4, -0.2) is 29.2 Å². The Morgan fingerprint density at radius 3 is 2.06 bits per heavy atom. The number of hydrogen-bond acceptors (Lipinski definition) is 3. The molecule has 0 bridgehead atoms. The summed E-state index contributed by atoms with van der Waals surface area (Å²) in [5, 5.41) is 1.15. The second-order valence-electron chi connectivity index (χ2n) is 8.66. The van der Waals surface area contributed by atoms with Gasteiger partial charge in [-0.2, -0.15) is 0 Å². The fourth-order valence-electron chi connectivity index (χ4n) is 4.58. The summed E-state index contributed by atoms with van der Waals surface area (Å²) < 4.78 is 19.9. The molecular formula is C28H26Cl2FNO3. The minimum Gasteiger partial charge on any atom is -0.358 e. The van der Waals surface area contributed by atoms with Gasteiger partial charge in [0.2, 0.25) is 0 Å². The van der Waals surface area contributed by atoms with Crippen molar-refractivity contribution in [1.82, 2.24) is 4.90 Å². The maximum Gasteiger partial charge on any atom is 0.253 e. The van der Waals surface area contributed by atoms with Crippen LogP contribution in [0.15, 0.2) is 72.8 Å². The Morgan fingerprint density at radius 1 is 0.943 bits per heavy atom. The number of nitrogens with zero attached hydrogens (tertiary/aromatic N) is 1. The molecule has 3 aromatic rings. The average molecular weight is 514 g/mol. The minimum absolute atomic E-state index is 0.255. The zero-order valence-electron chi connectivity index (χ0n) is 19.2. The number of carbonyl (C=O) groups excluding carboxylic acids is 2. The van der Waals surface area contributed by atoms with Crippen LogP contribution in [0.1, 0.15) is 48.6 Å². The van der Waals surface area contributed by atoms with Gasteiger partial charge in [-0.15, -0.1) is 0 Å². The van der Waals surface area contributed by atoms with Crippen LogP contribution in [0.2, 0.25) is 10.0 Å². The lowest BCUT2D eigenvalue weighted by Crippen LogP contribution is -2.55. The summed E-state index contributed by atoms with van der Waals surface area (Å²) >= 11 is 12.3. The summed E-state index contributed by atoms with van der Waals surface area (Å²) in [6.07, 6.45) is 0.944. The molecule has 1 fully saturated rings. The van der Waals surface area contributed by atoms with E-state index in [1.54, 1.807) is 41.3 Å². The van der Waals surface area contributed by atoms with Gasteiger partial charge >= 0.3 is 0 Å². The van der Waals surface area contributed by atoms with Crippen molar-refractivity contribution in [3.63, 3.8) is 0 Å². The van der Waals surface area contributed by atoms with Crippen molar-refractivity contribution < 1.29 is 18.7 Å². The van der Waals surface area contributed by atoms with Crippen molar-refractivity contribution >= 4 is 35.4 Å². The van der Waals surface area contributed by atoms with E-state index in [2.05, 4.69) is 0 Å². The monoisotopic (exact) mass is 513 g/mol. The van der Waals surface area contributed by atoms with Crippen molar-refractivity contribution in [2.75, 3.05) is 0 Å². The second-order valence-corrected chi connectivity index (χ2v) is 9.53. The largest absolute Gasteiger partial charge is 0.358 e. The van der Waals surface area contributed by atoms with E-state index in [0.29, 0.717) is 16.5 Å². The van der Waals surface area contributed by atoms with E-state index in [1.165, 1.54) is 12.1 Å². The molecule has 0 spiro atoms. The van der Waals surface area contributed by atoms with Gasteiger partial charge in [-0.3, -0.25) is 4.79 Å². The van der Waals surface area contributed by atoms with Crippen LogP contribution in [0.25, 0.3) is 0 Å². The SMILES string of the molecule is CCC[C@H](C=O)N1C(=O)[C@H](Cc2ccc(F)cc2)O[C@@H](c2ccc(Cl)cc2)[C@H]1c1ccc(Cl)cc1. The number of amides is 1. The van der Waals surface area contributed by atoms with Gasteiger partial charge in [0.15, 0.2) is 0 Å². The maximum absolute atomic E-state index is 13.9. The first-order chi connectivity index (χ1) is 16.9. The number of ether oxygens (including phenoxy) is 1. The Hall–Kier alpha value is -2.73. The molecule has 1 saturated heterocycles. The number of aldehydes is 1. The number of hydrogen-bond donors (Lipinski definition) is 0. The van der Waals surface area contributed by atoms with E-state index < -0.39 is 24.3 Å². The van der Waals surface area contributed by atoms with Crippen LogP contribution in [0.3, 0.4) is 0 Å². The number of benzene rings is 3. The molecule has 0 aromatic heterocycles. The Labute approximate surface area is 214 Å². The van der Waals surface area contributed by atoms with Crippen molar-refractivity contribution in [3.8, 4) is 0 Å². The first kappa shape index (κ1) is 25.4. The van der Waals surface area contributed by atoms with E-state index in [4.69, 9.17) is 27.9 Å². The number of halogens is 3. The first-order valence-electron chi connectivity index (χ1n) is 11.6. The number of carbonyl (C=O) groups is 2. The van der Waals surface area contributed by atoms with Gasteiger partial charge in [0, 0.05) is 16.5 Å². The van der Waals surface area contributed by atoms with Crippen LogP contribution in [0, 0.1) is 5.82 Å². The smallest absolute Gasteiger partial charge is 0.253 e. The number of morpholine rings is 1. The predicted octanol–water partition coefficient (Wildman–Crippen LogP) is 6.75. The molecule has 4 nitrogen and oxygen atoms in total. The van der Waals surface area contributed by atoms with Crippen LogP contribution >= 0.6 is 23.2 Å². The molecule has 4 rings (SSSR count). The molecule has 0 unspecified atom stereocenters. The third kappa shape index (κ3) is 5.75. The van der Waals surface area contributed by atoms with Crippen molar-refractivity contribution in [2.45, 2.75) is 50.5 Å². The molecule has 0 N–H and O–H groups in total. The lowest BCUT2D eigenvalue weighted by Gasteiger charge is -2.47. The number of rotatable bonds is 8. The van der Waals surface area contributed by atoms with Gasteiger partial charge in [-0.1, -0.05) is 72.9 Å². The van der Waals surface area contributed by atoms with Crippen molar-refractivity contribution in [1.29, 1.82) is 0 Å². The van der Waals surface area contributed by atoms with Crippen LogP contribution in [-0.2, 0) is 20.7 Å². The molecule has 7 heteroatoms. The summed E-state index contributed by atoms with van der Waals surface area (Å²) in [5.41, 5.74) is 2.41. The molecule has 4 atom stereocenters. The maximum atomic E-state index is 13.9. The molecule has 1 heterocycles. The molecule has 1 amide bonds. The van der Waals surface area contributed by atoms with Gasteiger partial charge in [0.25, 0.3) is 5.91 Å². The highest BCUT2D eigenvalue weighted by atomic mass is 35.5. The molecule has 1 aliphatic rings. The molecule has 1 aliphatic heterocycles. The predicted molar refractivity (Wildman–Crippen MR) is 135 cm³/mol. The van der Waals surface area contributed by atoms with Gasteiger partial charge in [0.05, 0.1) is 12.1 Å². The molecule has 3 aromatic carbocycles. The quantitative estimate of drug-likeness (QED) is 0.313. The Balaban J connectivity index is 1.82. The van der Waals surface area contributed by atoms with Crippen LogP contribution < -0.4 is 0 Å². The lowest BCUT2D eigenvalue weighted by atomic mass is 9.89. The molecule has 0 aliphatic carbocycles. The zero-order valence-corrected chi connectivity index (χ0v) is 20.8. The van der Waals surface area contributed by atoms with Gasteiger partial charge in [0.1, 0.15) is 24.3 Å². The Bertz CT molecular complexity index is 1150. The summed E-state index contributed by atoms with van der Waals surface area (Å²) in [7, 11) is 0. The van der Waals surface area contributed by atoms with Crippen LogP contribution in [0.4, 0.5) is 4.39 Å². The fraction of sp³-hybridized carbons (Fsp3) is 0.286. The van der Waals surface area contributed by atoms with E-state index in [9.17, 15) is 14.0 Å².